The number of benzene rings is 1. The van der Waals surface area contributed by atoms with E-state index in [4.69, 9.17) is 14.7 Å². The van der Waals surface area contributed by atoms with Gasteiger partial charge < -0.3 is 9.53 Å². The molecule has 2 unspecified atom stereocenters. The summed E-state index contributed by atoms with van der Waals surface area (Å²) in [4.78, 5) is 5.22. The van der Waals surface area contributed by atoms with E-state index in [2.05, 4.69) is 74.6 Å². The monoisotopic (exact) mass is 478 g/mol. The SMILES string of the molecule is Cc1c2c(nc(C(C)C)c1C(O)c1ccc(C#N)cc1)CC(C)(C)CC2O[Si](C)(C)C(C)(C)C. The molecule has 0 aliphatic heterocycles. The van der Waals surface area contributed by atoms with Gasteiger partial charge in [-0.3, -0.25) is 4.98 Å². The number of nitriles is 1. The van der Waals surface area contributed by atoms with Crippen molar-refractivity contribution in [2.24, 2.45) is 5.41 Å². The number of aliphatic hydroxyl groups excluding tert-OH is 1. The second-order valence-corrected chi connectivity index (χ2v) is 17.4. The lowest BCUT2D eigenvalue weighted by molar-refractivity contribution is 0.105. The van der Waals surface area contributed by atoms with Crippen molar-refractivity contribution in [1.82, 2.24) is 4.98 Å². The smallest absolute Gasteiger partial charge is 0.192 e. The molecule has 5 heteroatoms. The van der Waals surface area contributed by atoms with E-state index in [1.165, 1.54) is 5.56 Å². The summed E-state index contributed by atoms with van der Waals surface area (Å²) in [6.07, 6.45) is 1.03. The van der Waals surface area contributed by atoms with Gasteiger partial charge in [-0.1, -0.05) is 60.6 Å². The maximum Gasteiger partial charge on any atom is 0.192 e. The number of pyridine rings is 1. The van der Waals surface area contributed by atoms with Crippen LogP contribution < -0.4 is 0 Å². The third-order valence-electron chi connectivity index (χ3n) is 7.78. The van der Waals surface area contributed by atoms with Gasteiger partial charge in [-0.25, -0.2) is 0 Å². The van der Waals surface area contributed by atoms with E-state index in [0.717, 1.165) is 40.9 Å². The molecule has 34 heavy (non-hydrogen) atoms. The van der Waals surface area contributed by atoms with Crippen LogP contribution in [-0.2, 0) is 10.8 Å². The minimum atomic E-state index is -2.02. The van der Waals surface area contributed by atoms with Crippen molar-refractivity contribution in [2.45, 2.75) is 104 Å². The topological polar surface area (TPSA) is 66.1 Å². The van der Waals surface area contributed by atoms with Crippen molar-refractivity contribution in [2.75, 3.05) is 0 Å². The lowest BCUT2D eigenvalue weighted by atomic mass is 9.72. The van der Waals surface area contributed by atoms with Gasteiger partial charge in [0.25, 0.3) is 0 Å². The molecule has 0 fully saturated rings. The van der Waals surface area contributed by atoms with Crippen molar-refractivity contribution in [3.63, 3.8) is 0 Å². The van der Waals surface area contributed by atoms with Crippen LogP contribution in [0.3, 0.4) is 0 Å². The van der Waals surface area contributed by atoms with Crippen LogP contribution >= 0.6 is 0 Å². The Morgan fingerprint density at radius 2 is 1.76 bits per heavy atom. The lowest BCUT2D eigenvalue weighted by Gasteiger charge is -2.45. The molecule has 0 spiro atoms. The Kier molecular flexibility index (Phi) is 7.21. The molecule has 0 radical (unpaired) electrons. The molecule has 4 nitrogen and oxygen atoms in total. The highest BCUT2D eigenvalue weighted by Crippen LogP contribution is 2.49. The maximum absolute atomic E-state index is 11.6. The Balaban J connectivity index is 2.20. The van der Waals surface area contributed by atoms with E-state index in [0.29, 0.717) is 5.56 Å². The molecule has 0 saturated heterocycles. The van der Waals surface area contributed by atoms with Gasteiger partial charge in [0, 0.05) is 22.5 Å². The second-order valence-electron chi connectivity index (χ2n) is 12.6. The van der Waals surface area contributed by atoms with Crippen LogP contribution in [0.2, 0.25) is 18.1 Å². The average Bonchev–Trinajstić information content (AvgIpc) is 2.70. The van der Waals surface area contributed by atoms with E-state index in [1.54, 1.807) is 12.1 Å². The van der Waals surface area contributed by atoms with Gasteiger partial charge in [0.2, 0.25) is 0 Å². The highest BCUT2D eigenvalue weighted by molar-refractivity contribution is 6.74. The van der Waals surface area contributed by atoms with Gasteiger partial charge in [0.1, 0.15) is 6.10 Å². The maximum atomic E-state index is 11.6. The number of aromatic nitrogens is 1. The van der Waals surface area contributed by atoms with Crippen LogP contribution in [0.25, 0.3) is 0 Å². The van der Waals surface area contributed by atoms with Crippen LogP contribution in [0.5, 0.6) is 0 Å². The fourth-order valence-electron chi connectivity index (χ4n) is 4.84. The summed E-state index contributed by atoms with van der Waals surface area (Å²) < 4.78 is 7.04. The number of aliphatic hydroxyl groups is 1. The molecule has 184 valence electrons. The predicted octanol–water partition coefficient (Wildman–Crippen LogP) is 7.50. The van der Waals surface area contributed by atoms with E-state index in [-0.39, 0.29) is 22.5 Å². The Bertz CT molecular complexity index is 1090. The van der Waals surface area contributed by atoms with Gasteiger partial charge in [-0.15, -0.1) is 0 Å². The van der Waals surface area contributed by atoms with Crippen molar-refractivity contribution in [3.8, 4) is 6.07 Å². The van der Waals surface area contributed by atoms with Crippen molar-refractivity contribution < 1.29 is 9.53 Å². The van der Waals surface area contributed by atoms with Crippen LogP contribution in [0.1, 0.15) is 112 Å². The van der Waals surface area contributed by atoms with E-state index in [9.17, 15) is 5.11 Å². The Morgan fingerprint density at radius 3 is 2.26 bits per heavy atom. The van der Waals surface area contributed by atoms with Crippen molar-refractivity contribution in [1.29, 1.82) is 5.26 Å². The number of hydrogen-bond donors (Lipinski definition) is 1. The first-order chi connectivity index (χ1) is 15.6. The number of fused-ring (bicyclic) bond motifs is 1. The molecule has 1 aliphatic carbocycles. The molecule has 1 N–H and O–H groups in total. The zero-order valence-corrected chi connectivity index (χ0v) is 23.7. The zero-order chi connectivity index (χ0) is 25.6. The second kappa shape index (κ2) is 9.22. The first-order valence-corrected chi connectivity index (χ1v) is 15.4. The van der Waals surface area contributed by atoms with Crippen molar-refractivity contribution >= 4 is 8.32 Å². The first kappa shape index (κ1) is 26.6. The molecular weight excluding hydrogens is 436 g/mol. The molecular formula is C29H42N2O2Si. The molecule has 0 bridgehead atoms. The van der Waals surface area contributed by atoms with Crippen LogP contribution in [-0.4, -0.2) is 18.4 Å². The predicted molar refractivity (Wildman–Crippen MR) is 141 cm³/mol. The fraction of sp³-hybridized carbons (Fsp3) is 0.586. The minimum absolute atomic E-state index is 0.0275. The number of hydrogen-bond acceptors (Lipinski definition) is 4. The number of rotatable bonds is 5. The Hall–Kier alpha value is -2.00. The quantitative estimate of drug-likeness (QED) is 0.452. The average molecular weight is 479 g/mol. The number of nitrogens with zero attached hydrogens (tertiary/aromatic N) is 2. The summed E-state index contributed by atoms with van der Waals surface area (Å²) in [7, 11) is -2.02. The van der Waals surface area contributed by atoms with Crippen molar-refractivity contribution in [3.05, 3.63) is 63.5 Å². The fourth-order valence-corrected chi connectivity index (χ4v) is 6.10. The molecule has 1 aromatic heterocycles. The van der Waals surface area contributed by atoms with Gasteiger partial charge in [0.05, 0.1) is 17.7 Å². The summed E-state index contributed by atoms with van der Waals surface area (Å²) in [5.74, 6) is 0.178. The summed E-state index contributed by atoms with van der Waals surface area (Å²) in [5, 5.41) is 20.8. The van der Waals surface area contributed by atoms with Crippen LogP contribution in [0, 0.1) is 23.7 Å². The van der Waals surface area contributed by atoms with Crippen LogP contribution in [0.15, 0.2) is 24.3 Å². The molecule has 0 saturated carbocycles. The van der Waals surface area contributed by atoms with Crippen LogP contribution in [0.4, 0.5) is 0 Å². The molecule has 1 heterocycles. The first-order valence-electron chi connectivity index (χ1n) is 12.5. The third kappa shape index (κ3) is 5.15. The standard InChI is InChI=1S/C29H42N2O2Si/c1-18(2)26-25(27(32)21-13-11-20(17-30)12-14-21)19(3)24-22(31-26)15-29(7,8)16-23(24)33-34(9,10)28(4,5)6/h11-14,18,23,27,32H,15-16H2,1-10H3. The van der Waals surface area contributed by atoms with E-state index < -0.39 is 14.4 Å². The van der Waals surface area contributed by atoms with Gasteiger partial charge in [0.15, 0.2) is 8.32 Å². The molecule has 2 aromatic rings. The van der Waals surface area contributed by atoms with E-state index in [1.807, 2.05) is 12.1 Å². The largest absolute Gasteiger partial charge is 0.410 e. The third-order valence-corrected chi connectivity index (χ3v) is 12.3. The Labute approximate surface area is 207 Å². The summed E-state index contributed by atoms with van der Waals surface area (Å²) in [6.45, 7) is 22.5. The zero-order valence-electron chi connectivity index (χ0n) is 22.7. The normalized spacial score (nSPS) is 19.0. The Morgan fingerprint density at radius 1 is 1.18 bits per heavy atom. The highest BCUT2D eigenvalue weighted by atomic mass is 28.4. The molecule has 0 amide bonds. The van der Waals surface area contributed by atoms with Gasteiger partial charge in [-0.2, -0.15) is 5.26 Å². The minimum Gasteiger partial charge on any atom is -0.410 e. The molecule has 2 atom stereocenters. The molecule has 3 rings (SSSR count). The summed E-state index contributed by atoms with van der Waals surface area (Å²) in [6, 6.07) is 9.38. The highest BCUT2D eigenvalue weighted by Gasteiger charge is 2.44. The summed E-state index contributed by atoms with van der Waals surface area (Å²) in [5.41, 5.74) is 6.71. The van der Waals surface area contributed by atoms with E-state index >= 15 is 0 Å². The van der Waals surface area contributed by atoms with Gasteiger partial charge >= 0.3 is 0 Å². The van der Waals surface area contributed by atoms with Gasteiger partial charge in [-0.05, 0) is 72.5 Å². The summed E-state index contributed by atoms with van der Waals surface area (Å²) >= 11 is 0. The molecule has 1 aromatic carbocycles. The lowest BCUT2D eigenvalue weighted by Crippen LogP contribution is -2.44. The molecule has 1 aliphatic rings.